The Hall–Kier alpha value is -3.90. The lowest BCUT2D eigenvalue weighted by Crippen LogP contribution is -2.43. The van der Waals surface area contributed by atoms with Crippen molar-refractivity contribution in [2.24, 2.45) is 0 Å². The van der Waals surface area contributed by atoms with Gasteiger partial charge in [-0.2, -0.15) is 0 Å². The van der Waals surface area contributed by atoms with E-state index in [-0.39, 0.29) is 12.2 Å². The van der Waals surface area contributed by atoms with Crippen LogP contribution in [-0.2, 0) is 21.6 Å². The second-order valence-electron chi connectivity index (χ2n) is 11.4. The smallest absolute Gasteiger partial charge is 0.410 e. The topological polar surface area (TPSA) is 56.6 Å². The fraction of sp³-hybridized carbons (Fsp3) is 0.333. The lowest BCUT2D eigenvalue weighted by Gasteiger charge is -2.34. The Kier molecular flexibility index (Phi) is 6.51. The summed E-state index contributed by atoms with van der Waals surface area (Å²) >= 11 is 0. The minimum Gasteiger partial charge on any atom is -0.444 e. The van der Waals surface area contributed by atoms with Gasteiger partial charge in [0.2, 0.25) is 0 Å². The average Bonchev–Trinajstić information content (AvgIpc) is 3.49. The van der Waals surface area contributed by atoms with E-state index in [9.17, 15) is 4.79 Å². The molecule has 0 atom stereocenters. The van der Waals surface area contributed by atoms with E-state index in [4.69, 9.17) is 14.5 Å². The Morgan fingerprint density at radius 1 is 0.897 bits per heavy atom. The highest BCUT2D eigenvalue weighted by Crippen LogP contribution is 2.52. The summed E-state index contributed by atoms with van der Waals surface area (Å²) in [5, 5.41) is 0. The lowest BCUT2D eigenvalue weighted by molar-refractivity contribution is -0.0176. The van der Waals surface area contributed by atoms with Crippen molar-refractivity contribution >= 4 is 6.09 Å². The van der Waals surface area contributed by atoms with Crippen molar-refractivity contribution in [2.75, 3.05) is 13.1 Å². The Labute approximate surface area is 230 Å². The molecule has 6 nitrogen and oxygen atoms in total. The van der Waals surface area contributed by atoms with E-state index in [1.165, 1.54) is 22.3 Å². The van der Waals surface area contributed by atoms with Gasteiger partial charge in [0, 0.05) is 18.7 Å². The molecule has 6 rings (SSSR count). The van der Waals surface area contributed by atoms with Crippen LogP contribution in [0, 0.1) is 0 Å². The minimum atomic E-state index is -0.515. The van der Waals surface area contributed by atoms with Crippen LogP contribution >= 0.6 is 0 Å². The molecule has 6 heteroatoms. The van der Waals surface area contributed by atoms with E-state index in [1.54, 1.807) is 4.90 Å². The minimum absolute atomic E-state index is 0.0747. The maximum Gasteiger partial charge on any atom is 0.410 e. The Morgan fingerprint density at radius 3 is 2.10 bits per heavy atom. The molecule has 2 aliphatic rings. The lowest BCUT2D eigenvalue weighted by atomic mass is 9.77. The molecule has 2 aliphatic heterocycles. The fourth-order valence-electron chi connectivity index (χ4n) is 6.01. The molecule has 0 spiro atoms. The number of carbonyl (C=O) groups excluding carboxylic acids is 1. The molecule has 1 amide bonds. The zero-order valence-corrected chi connectivity index (χ0v) is 22.8. The average molecular weight is 522 g/mol. The van der Waals surface area contributed by atoms with Crippen molar-refractivity contribution in [3.05, 3.63) is 114 Å². The number of benzene rings is 3. The highest BCUT2D eigenvalue weighted by atomic mass is 16.6. The van der Waals surface area contributed by atoms with E-state index in [0.717, 1.165) is 24.2 Å². The molecule has 1 aromatic heterocycles. The molecule has 0 aliphatic carbocycles. The highest BCUT2D eigenvalue weighted by Gasteiger charge is 2.47. The molecule has 4 aromatic rings. The van der Waals surface area contributed by atoms with Gasteiger partial charge in [0.1, 0.15) is 11.1 Å². The third kappa shape index (κ3) is 4.53. The highest BCUT2D eigenvalue weighted by molar-refractivity contribution is 5.77. The molecule has 0 unspecified atom stereocenters. The van der Waals surface area contributed by atoms with Crippen LogP contribution in [0.15, 0.2) is 91.3 Å². The normalized spacial score (nSPS) is 16.5. The number of hydrogen-bond donors (Lipinski definition) is 0. The van der Waals surface area contributed by atoms with E-state index in [0.29, 0.717) is 19.7 Å². The van der Waals surface area contributed by atoms with Gasteiger partial charge in [0.05, 0.1) is 30.4 Å². The van der Waals surface area contributed by atoms with Crippen LogP contribution in [0.3, 0.4) is 0 Å². The van der Waals surface area contributed by atoms with Gasteiger partial charge >= 0.3 is 6.09 Å². The summed E-state index contributed by atoms with van der Waals surface area (Å²) in [6, 6.07) is 30.0. The Balaban J connectivity index is 1.29. The Bertz CT molecular complexity index is 1410. The number of imidazole rings is 1. The summed E-state index contributed by atoms with van der Waals surface area (Å²) < 4.78 is 14.3. The van der Waals surface area contributed by atoms with Crippen molar-refractivity contribution in [1.82, 2.24) is 14.5 Å². The van der Waals surface area contributed by atoms with E-state index in [1.807, 2.05) is 27.1 Å². The molecule has 3 aromatic carbocycles. The van der Waals surface area contributed by atoms with Gasteiger partial charge in [-0.15, -0.1) is 0 Å². The molecule has 3 heterocycles. The summed E-state index contributed by atoms with van der Waals surface area (Å²) in [5.74, 6) is 0. The fourth-order valence-corrected chi connectivity index (χ4v) is 6.01. The number of nitrogens with zero attached hydrogens (tertiary/aromatic N) is 3. The number of rotatable bonds is 5. The number of hydrogen-bond acceptors (Lipinski definition) is 4. The van der Waals surface area contributed by atoms with Gasteiger partial charge in [-0.1, -0.05) is 84.9 Å². The van der Waals surface area contributed by atoms with E-state index in [2.05, 4.69) is 89.5 Å². The number of carbonyl (C=O) groups is 1. The Morgan fingerprint density at radius 2 is 1.49 bits per heavy atom. The summed E-state index contributed by atoms with van der Waals surface area (Å²) in [5.41, 5.74) is 5.85. The van der Waals surface area contributed by atoms with Gasteiger partial charge in [-0.25, -0.2) is 9.78 Å². The third-order valence-corrected chi connectivity index (χ3v) is 7.71. The first-order valence-corrected chi connectivity index (χ1v) is 13.7. The molecular weight excluding hydrogens is 486 g/mol. The molecule has 0 saturated carbocycles. The van der Waals surface area contributed by atoms with Crippen LogP contribution in [0.4, 0.5) is 4.79 Å². The number of likely N-dealkylation sites (tertiary alicyclic amines) is 1. The monoisotopic (exact) mass is 521 g/mol. The quantitative estimate of drug-likeness (QED) is 0.261. The summed E-state index contributed by atoms with van der Waals surface area (Å²) in [6.07, 6.45) is 3.36. The molecule has 39 heavy (non-hydrogen) atoms. The van der Waals surface area contributed by atoms with Crippen molar-refractivity contribution in [2.45, 2.75) is 57.5 Å². The number of piperidine rings is 1. The van der Waals surface area contributed by atoms with Crippen molar-refractivity contribution in [3.63, 3.8) is 0 Å². The van der Waals surface area contributed by atoms with Crippen LogP contribution in [0.5, 0.6) is 0 Å². The van der Waals surface area contributed by atoms with Crippen LogP contribution in [-0.4, -0.2) is 45.3 Å². The van der Waals surface area contributed by atoms with E-state index >= 15 is 0 Å². The predicted octanol–water partition coefficient (Wildman–Crippen LogP) is 6.62. The molecule has 200 valence electrons. The van der Waals surface area contributed by atoms with Crippen LogP contribution in [0.2, 0.25) is 0 Å². The summed E-state index contributed by atoms with van der Waals surface area (Å²) in [7, 11) is 0. The van der Waals surface area contributed by atoms with Crippen molar-refractivity contribution in [1.29, 1.82) is 0 Å². The maximum absolute atomic E-state index is 12.5. The zero-order chi connectivity index (χ0) is 27.0. The number of aromatic nitrogens is 2. The summed E-state index contributed by atoms with van der Waals surface area (Å²) in [6.45, 7) is 7.38. The second kappa shape index (κ2) is 10.0. The number of ether oxygens (including phenoxy) is 2. The molecule has 0 radical (unpaired) electrons. The van der Waals surface area contributed by atoms with Gasteiger partial charge in [-0.05, 0) is 50.3 Å². The van der Waals surface area contributed by atoms with Crippen molar-refractivity contribution in [3.8, 4) is 11.3 Å². The third-order valence-electron chi connectivity index (χ3n) is 7.71. The molecule has 1 saturated heterocycles. The van der Waals surface area contributed by atoms with Crippen LogP contribution in [0.25, 0.3) is 11.3 Å². The van der Waals surface area contributed by atoms with Crippen molar-refractivity contribution < 1.29 is 14.3 Å². The summed E-state index contributed by atoms with van der Waals surface area (Å²) in [4.78, 5) is 19.1. The molecule has 1 fully saturated rings. The first kappa shape index (κ1) is 25.4. The first-order chi connectivity index (χ1) is 18.9. The molecule has 0 bridgehead atoms. The molecular formula is C33H35N3O3. The largest absolute Gasteiger partial charge is 0.444 e. The standard InChI is InChI=1S/C33H35N3O3/c1-32(2,3)39-31(37)35-20-18-26(19-21-35)38-22-29-30-27-16-10-11-17-28(27)33(36(30)23-34-29,24-12-6-4-7-13-24)25-14-8-5-9-15-25/h4-17,23,26H,18-22H2,1-3H3. The van der Waals surface area contributed by atoms with Crippen LogP contribution in [0.1, 0.15) is 56.0 Å². The van der Waals surface area contributed by atoms with Crippen LogP contribution < -0.4 is 0 Å². The van der Waals surface area contributed by atoms with E-state index < -0.39 is 11.1 Å². The second-order valence-corrected chi connectivity index (χ2v) is 11.4. The zero-order valence-electron chi connectivity index (χ0n) is 22.8. The maximum atomic E-state index is 12.5. The van der Waals surface area contributed by atoms with Gasteiger partial charge < -0.3 is 18.9 Å². The van der Waals surface area contributed by atoms with Gasteiger partial charge in [0.25, 0.3) is 0 Å². The number of fused-ring (bicyclic) bond motifs is 3. The van der Waals surface area contributed by atoms with Gasteiger partial charge in [-0.3, -0.25) is 0 Å². The predicted molar refractivity (Wildman–Crippen MR) is 151 cm³/mol. The first-order valence-electron chi connectivity index (χ1n) is 13.7. The SMILES string of the molecule is CC(C)(C)OC(=O)N1CCC(OCc2ncn3c2-c2ccccc2C3(c2ccccc2)c2ccccc2)CC1. The molecule has 0 N–H and O–H groups in total. The number of amides is 1. The van der Waals surface area contributed by atoms with Gasteiger partial charge in [0.15, 0.2) is 0 Å².